The van der Waals surface area contributed by atoms with Crippen LogP contribution in [0.1, 0.15) is 34.4 Å². The van der Waals surface area contributed by atoms with E-state index in [1.54, 1.807) is 12.3 Å². The number of aryl methyl sites for hydroxylation is 2. The first kappa shape index (κ1) is 16.7. The molecule has 128 valence electrons. The van der Waals surface area contributed by atoms with Crippen LogP contribution in [0.5, 0.6) is 0 Å². The van der Waals surface area contributed by atoms with Gasteiger partial charge in [-0.15, -0.1) is 0 Å². The third-order valence-corrected chi connectivity index (χ3v) is 3.73. The Hall–Kier alpha value is -3.15. The molecule has 6 heteroatoms. The van der Waals surface area contributed by atoms with E-state index in [2.05, 4.69) is 27.5 Å². The molecule has 3 rings (SSSR count). The predicted molar refractivity (Wildman–Crippen MR) is 96.6 cm³/mol. The topological polar surface area (TPSA) is 80.0 Å². The summed E-state index contributed by atoms with van der Waals surface area (Å²) in [7, 11) is 0. The summed E-state index contributed by atoms with van der Waals surface area (Å²) in [4.78, 5) is 21.2. The molecule has 0 fully saturated rings. The molecule has 25 heavy (non-hydrogen) atoms. The van der Waals surface area contributed by atoms with Crippen molar-refractivity contribution in [3.63, 3.8) is 0 Å². The van der Waals surface area contributed by atoms with Crippen LogP contribution in [0.25, 0.3) is 0 Å². The lowest BCUT2D eigenvalue weighted by atomic mass is 10.1. The first-order chi connectivity index (χ1) is 12.2. The first-order valence-corrected chi connectivity index (χ1v) is 8.17. The number of furan rings is 1. The van der Waals surface area contributed by atoms with E-state index in [-0.39, 0.29) is 5.91 Å². The molecule has 0 bridgehead atoms. The highest BCUT2D eigenvalue weighted by atomic mass is 16.3. The predicted octanol–water partition coefficient (Wildman–Crippen LogP) is 3.80. The van der Waals surface area contributed by atoms with Crippen molar-refractivity contribution in [1.29, 1.82) is 0 Å². The number of amides is 1. The van der Waals surface area contributed by atoms with Crippen LogP contribution in [0.2, 0.25) is 0 Å². The van der Waals surface area contributed by atoms with E-state index in [1.165, 1.54) is 0 Å². The van der Waals surface area contributed by atoms with Crippen molar-refractivity contribution in [1.82, 2.24) is 9.97 Å². The SMILES string of the molecule is CCc1ccccc1NC(=O)c1cc(C)nc(NCc2ccco2)n1. The molecule has 0 atom stereocenters. The van der Waals surface area contributed by atoms with Gasteiger partial charge in [0, 0.05) is 11.4 Å². The number of para-hydroxylation sites is 1. The minimum absolute atomic E-state index is 0.257. The number of carbonyl (C=O) groups is 1. The molecule has 0 saturated heterocycles. The van der Waals surface area contributed by atoms with Crippen LogP contribution in [0.15, 0.2) is 53.1 Å². The van der Waals surface area contributed by atoms with Crippen LogP contribution in [-0.2, 0) is 13.0 Å². The third-order valence-electron chi connectivity index (χ3n) is 3.73. The molecule has 6 nitrogen and oxygen atoms in total. The maximum atomic E-state index is 12.6. The monoisotopic (exact) mass is 336 g/mol. The molecule has 2 N–H and O–H groups in total. The van der Waals surface area contributed by atoms with Gasteiger partial charge in [-0.05, 0) is 43.2 Å². The quantitative estimate of drug-likeness (QED) is 0.715. The van der Waals surface area contributed by atoms with Crippen molar-refractivity contribution in [2.24, 2.45) is 0 Å². The molecule has 2 heterocycles. The first-order valence-electron chi connectivity index (χ1n) is 8.17. The molecule has 0 aliphatic rings. The summed E-state index contributed by atoms with van der Waals surface area (Å²) < 4.78 is 5.27. The van der Waals surface area contributed by atoms with E-state index in [4.69, 9.17) is 4.42 Å². The molecule has 1 amide bonds. The molecule has 0 spiro atoms. The number of aromatic nitrogens is 2. The molecule has 0 saturated carbocycles. The highest BCUT2D eigenvalue weighted by Gasteiger charge is 2.12. The largest absolute Gasteiger partial charge is 0.467 e. The normalized spacial score (nSPS) is 10.5. The Morgan fingerprint density at radius 2 is 2.00 bits per heavy atom. The lowest BCUT2D eigenvalue weighted by Gasteiger charge is -2.10. The van der Waals surface area contributed by atoms with Crippen LogP contribution in [-0.4, -0.2) is 15.9 Å². The molecule has 3 aromatic rings. The van der Waals surface area contributed by atoms with Gasteiger partial charge in [0.2, 0.25) is 5.95 Å². The molecule has 1 aromatic carbocycles. The molecule has 2 aromatic heterocycles. The zero-order chi connectivity index (χ0) is 17.6. The molecular formula is C19H20N4O2. The molecule has 0 unspecified atom stereocenters. The number of anilines is 2. The van der Waals surface area contributed by atoms with Gasteiger partial charge in [0.25, 0.3) is 5.91 Å². The Bertz CT molecular complexity index is 860. The van der Waals surface area contributed by atoms with Crippen LogP contribution in [0, 0.1) is 6.92 Å². The Labute approximate surface area is 146 Å². The second kappa shape index (κ2) is 7.61. The minimum Gasteiger partial charge on any atom is -0.467 e. The van der Waals surface area contributed by atoms with Crippen LogP contribution in [0.3, 0.4) is 0 Å². The van der Waals surface area contributed by atoms with Gasteiger partial charge in [-0.25, -0.2) is 9.97 Å². The highest BCUT2D eigenvalue weighted by Crippen LogP contribution is 2.17. The number of rotatable bonds is 6. The summed E-state index contributed by atoms with van der Waals surface area (Å²) in [5.74, 6) is 0.908. The van der Waals surface area contributed by atoms with Gasteiger partial charge in [-0.1, -0.05) is 25.1 Å². The summed E-state index contributed by atoms with van der Waals surface area (Å²) in [5, 5.41) is 6.00. The average Bonchev–Trinajstić information content (AvgIpc) is 3.13. The van der Waals surface area contributed by atoms with Gasteiger partial charge >= 0.3 is 0 Å². The Morgan fingerprint density at radius 3 is 2.76 bits per heavy atom. The summed E-state index contributed by atoms with van der Waals surface area (Å²) in [6, 6.07) is 13.1. The fourth-order valence-electron chi connectivity index (χ4n) is 2.48. The van der Waals surface area contributed by atoms with E-state index >= 15 is 0 Å². The standard InChI is InChI=1S/C19H20N4O2/c1-3-14-7-4-5-9-16(14)22-18(24)17-11-13(2)21-19(23-17)20-12-15-8-6-10-25-15/h4-11H,3,12H2,1-2H3,(H,22,24)(H,20,21,23). The van der Waals surface area contributed by atoms with Gasteiger partial charge < -0.3 is 15.1 Å². The van der Waals surface area contributed by atoms with Gasteiger partial charge in [0.05, 0.1) is 12.8 Å². The molecule has 0 aliphatic heterocycles. The van der Waals surface area contributed by atoms with Crippen molar-refractivity contribution >= 4 is 17.5 Å². The third kappa shape index (κ3) is 4.23. The second-order valence-electron chi connectivity index (χ2n) is 5.62. The summed E-state index contributed by atoms with van der Waals surface area (Å²) in [6.45, 7) is 4.34. The smallest absolute Gasteiger partial charge is 0.274 e. The van der Waals surface area contributed by atoms with Crippen molar-refractivity contribution in [3.8, 4) is 0 Å². The van der Waals surface area contributed by atoms with Crippen LogP contribution in [0.4, 0.5) is 11.6 Å². The fourth-order valence-corrected chi connectivity index (χ4v) is 2.48. The highest BCUT2D eigenvalue weighted by molar-refractivity contribution is 6.03. The van der Waals surface area contributed by atoms with Crippen LogP contribution >= 0.6 is 0 Å². The van der Waals surface area contributed by atoms with E-state index in [1.807, 2.05) is 43.3 Å². The van der Waals surface area contributed by atoms with Crippen molar-refractivity contribution < 1.29 is 9.21 Å². The van der Waals surface area contributed by atoms with Crippen LogP contribution < -0.4 is 10.6 Å². The Morgan fingerprint density at radius 1 is 1.16 bits per heavy atom. The maximum Gasteiger partial charge on any atom is 0.274 e. The Balaban J connectivity index is 1.75. The molecular weight excluding hydrogens is 316 g/mol. The lowest BCUT2D eigenvalue weighted by Crippen LogP contribution is -2.17. The van der Waals surface area contributed by atoms with Crippen molar-refractivity contribution in [2.75, 3.05) is 10.6 Å². The average molecular weight is 336 g/mol. The number of benzene rings is 1. The summed E-state index contributed by atoms with van der Waals surface area (Å²) in [6.07, 6.45) is 2.45. The summed E-state index contributed by atoms with van der Waals surface area (Å²) >= 11 is 0. The van der Waals surface area contributed by atoms with E-state index in [0.717, 1.165) is 23.4 Å². The number of hydrogen-bond donors (Lipinski definition) is 2. The number of nitrogens with one attached hydrogen (secondary N) is 2. The van der Waals surface area contributed by atoms with Gasteiger partial charge in [-0.3, -0.25) is 4.79 Å². The zero-order valence-electron chi connectivity index (χ0n) is 14.2. The van der Waals surface area contributed by atoms with Crippen molar-refractivity contribution in [3.05, 3.63) is 71.4 Å². The Kier molecular flexibility index (Phi) is 5.09. The number of nitrogens with zero attached hydrogens (tertiary/aromatic N) is 2. The van der Waals surface area contributed by atoms with E-state index < -0.39 is 0 Å². The van der Waals surface area contributed by atoms with Gasteiger partial charge in [0.15, 0.2) is 0 Å². The number of hydrogen-bond acceptors (Lipinski definition) is 5. The van der Waals surface area contributed by atoms with E-state index in [9.17, 15) is 4.79 Å². The zero-order valence-corrected chi connectivity index (χ0v) is 14.2. The van der Waals surface area contributed by atoms with Crippen molar-refractivity contribution in [2.45, 2.75) is 26.8 Å². The van der Waals surface area contributed by atoms with E-state index in [0.29, 0.717) is 23.9 Å². The molecule has 0 radical (unpaired) electrons. The number of carbonyl (C=O) groups excluding carboxylic acids is 1. The summed E-state index contributed by atoms with van der Waals surface area (Å²) in [5.41, 5.74) is 2.92. The second-order valence-corrected chi connectivity index (χ2v) is 5.62. The van der Waals surface area contributed by atoms with Gasteiger partial charge in [0.1, 0.15) is 11.5 Å². The molecule has 0 aliphatic carbocycles. The fraction of sp³-hybridized carbons (Fsp3) is 0.211. The lowest BCUT2D eigenvalue weighted by molar-refractivity contribution is 0.102. The maximum absolute atomic E-state index is 12.6. The minimum atomic E-state index is -0.257. The van der Waals surface area contributed by atoms with Gasteiger partial charge in [-0.2, -0.15) is 0 Å².